The Kier molecular flexibility index (Phi) is 4.68. The molecule has 2 aromatic rings. The zero-order valence-corrected chi connectivity index (χ0v) is 12.7. The van der Waals surface area contributed by atoms with Crippen molar-refractivity contribution in [3.63, 3.8) is 0 Å². The molecule has 0 aromatic carbocycles. The number of thiazole rings is 1. The van der Waals surface area contributed by atoms with E-state index in [-0.39, 0.29) is 5.91 Å². The SMILES string of the molecule is CNc1cc(C)ncc1C(=O)NCCc1nc(C)cs1. The molecule has 2 heterocycles. The van der Waals surface area contributed by atoms with E-state index in [4.69, 9.17) is 0 Å². The van der Waals surface area contributed by atoms with Gasteiger partial charge in [0.1, 0.15) is 0 Å². The summed E-state index contributed by atoms with van der Waals surface area (Å²) in [5.41, 5.74) is 3.26. The number of rotatable bonds is 5. The van der Waals surface area contributed by atoms with Gasteiger partial charge in [-0.3, -0.25) is 9.78 Å². The first-order valence-corrected chi connectivity index (χ1v) is 7.31. The van der Waals surface area contributed by atoms with Gasteiger partial charge in [0.05, 0.1) is 16.3 Å². The second kappa shape index (κ2) is 6.47. The van der Waals surface area contributed by atoms with Crippen LogP contribution in [0.3, 0.4) is 0 Å². The zero-order chi connectivity index (χ0) is 14.5. The molecular weight excluding hydrogens is 272 g/mol. The van der Waals surface area contributed by atoms with Crippen molar-refractivity contribution < 1.29 is 4.79 Å². The summed E-state index contributed by atoms with van der Waals surface area (Å²) in [5.74, 6) is -0.116. The number of carbonyl (C=O) groups excluding carboxylic acids is 1. The number of anilines is 1. The van der Waals surface area contributed by atoms with Crippen molar-refractivity contribution in [2.45, 2.75) is 20.3 Å². The molecule has 6 heteroatoms. The van der Waals surface area contributed by atoms with E-state index in [1.807, 2.05) is 25.3 Å². The quantitative estimate of drug-likeness (QED) is 0.885. The standard InChI is InChI=1S/C14H18N4OS/c1-9-6-12(15-3)11(7-17-9)14(19)16-5-4-13-18-10(2)8-20-13/h6-8H,4-5H2,1-3H3,(H,15,17)(H,16,19). The van der Waals surface area contributed by atoms with Gasteiger partial charge in [-0.05, 0) is 19.9 Å². The molecule has 0 spiro atoms. The van der Waals surface area contributed by atoms with Crippen LogP contribution in [0.1, 0.15) is 26.8 Å². The van der Waals surface area contributed by atoms with Crippen molar-refractivity contribution in [1.29, 1.82) is 0 Å². The Morgan fingerprint density at radius 1 is 1.35 bits per heavy atom. The minimum atomic E-state index is -0.116. The second-order valence-electron chi connectivity index (χ2n) is 4.51. The summed E-state index contributed by atoms with van der Waals surface area (Å²) in [6.45, 7) is 4.44. The molecule has 2 rings (SSSR count). The third-order valence-electron chi connectivity index (χ3n) is 2.85. The number of amides is 1. The van der Waals surface area contributed by atoms with E-state index in [1.54, 1.807) is 24.6 Å². The maximum atomic E-state index is 12.1. The maximum absolute atomic E-state index is 12.1. The van der Waals surface area contributed by atoms with Crippen molar-refractivity contribution in [3.05, 3.63) is 39.6 Å². The molecule has 2 aromatic heterocycles. The molecule has 0 aliphatic carbocycles. The number of hydrogen-bond donors (Lipinski definition) is 2. The Labute approximate surface area is 122 Å². The lowest BCUT2D eigenvalue weighted by molar-refractivity contribution is 0.0954. The van der Waals surface area contributed by atoms with E-state index in [9.17, 15) is 4.79 Å². The van der Waals surface area contributed by atoms with E-state index >= 15 is 0 Å². The van der Waals surface area contributed by atoms with Crippen molar-refractivity contribution in [3.8, 4) is 0 Å². The molecule has 5 nitrogen and oxygen atoms in total. The highest BCUT2D eigenvalue weighted by atomic mass is 32.1. The van der Waals surface area contributed by atoms with Gasteiger partial charge in [0.15, 0.2) is 0 Å². The topological polar surface area (TPSA) is 66.9 Å². The summed E-state index contributed by atoms with van der Waals surface area (Å²) in [5, 5.41) is 8.97. The molecule has 0 aliphatic rings. The Hall–Kier alpha value is -1.95. The van der Waals surface area contributed by atoms with E-state index in [1.165, 1.54) is 0 Å². The van der Waals surface area contributed by atoms with Crippen LogP contribution in [0, 0.1) is 13.8 Å². The molecule has 0 bridgehead atoms. The summed E-state index contributed by atoms with van der Waals surface area (Å²) in [6, 6.07) is 1.86. The number of nitrogens with one attached hydrogen (secondary N) is 2. The van der Waals surface area contributed by atoms with Gasteiger partial charge in [-0.1, -0.05) is 0 Å². The first kappa shape index (κ1) is 14.5. The fraction of sp³-hybridized carbons (Fsp3) is 0.357. The fourth-order valence-electron chi connectivity index (χ4n) is 1.84. The maximum Gasteiger partial charge on any atom is 0.254 e. The number of hydrogen-bond acceptors (Lipinski definition) is 5. The third-order valence-corrected chi connectivity index (χ3v) is 3.87. The molecule has 0 unspecified atom stereocenters. The van der Waals surface area contributed by atoms with Crippen LogP contribution in [0.4, 0.5) is 5.69 Å². The Morgan fingerprint density at radius 3 is 2.80 bits per heavy atom. The smallest absolute Gasteiger partial charge is 0.254 e. The Morgan fingerprint density at radius 2 is 2.15 bits per heavy atom. The van der Waals surface area contributed by atoms with Crippen molar-refractivity contribution >= 4 is 22.9 Å². The van der Waals surface area contributed by atoms with Crippen LogP contribution >= 0.6 is 11.3 Å². The van der Waals surface area contributed by atoms with Crippen LogP contribution in [0.5, 0.6) is 0 Å². The van der Waals surface area contributed by atoms with Gasteiger partial charge in [-0.2, -0.15) is 0 Å². The van der Waals surface area contributed by atoms with Gasteiger partial charge in [0.2, 0.25) is 0 Å². The minimum absolute atomic E-state index is 0.116. The summed E-state index contributed by atoms with van der Waals surface area (Å²) < 4.78 is 0. The molecule has 106 valence electrons. The highest BCUT2D eigenvalue weighted by Crippen LogP contribution is 2.15. The van der Waals surface area contributed by atoms with Gasteiger partial charge in [-0.15, -0.1) is 11.3 Å². The summed E-state index contributed by atoms with van der Waals surface area (Å²) in [4.78, 5) is 20.7. The molecule has 0 saturated heterocycles. The number of nitrogens with zero attached hydrogens (tertiary/aromatic N) is 2. The lowest BCUT2D eigenvalue weighted by Crippen LogP contribution is -2.26. The average Bonchev–Trinajstić information content (AvgIpc) is 2.84. The first-order chi connectivity index (χ1) is 9.60. The molecule has 0 atom stereocenters. The number of aromatic nitrogens is 2. The molecule has 0 aliphatic heterocycles. The van der Waals surface area contributed by atoms with Crippen molar-refractivity contribution in [2.75, 3.05) is 18.9 Å². The average molecular weight is 290 g/mol. The van der Waals surface area contributed by atoms with Crippen molar-refractivity contribution in [1.82, 2.24) is 15.3 Å². The minimum Gasteiger partial charge on any atom is -0.387 e. The molecular formula is C14H18N4OS. The van der Waals surface area contributed by atoms with E-state index in [0.29, 0.717) is 12.1 Å². The van der Waals surface area contributed by atoms with Crippen LogP contribution in [0.15, 0.2) is 17.6 Å². The Bertz CT molecular complexity index is 609. The van der Waals surface area contributed by atoms with Gasteiger partial charge in [0, 0.05) is 43.0 Å². The number of pyridine rings is 1. The van der Waals surface area contributed by atoms with Gasteiger partial charge in [-0.25, -0.2) is 4.98 Å². The third kappa shape index (κ3) is 3.54. The van der Waals surface area contributed by atoms with Crippen LogP contribution in [0.25, 0.3) is 0 Å². The molecule has 0 fully saturated rings. The largest absolute Gasteiger partial charge is 0.387 e. The highest BCUT2D eigenvalue weighted by Gasteiger charge is 2.11. The molecule has 0 saturated carbocycles. The van der Waals surface area contributed by atoms with Crippen LogP contribution in [0.2, 0.25) is 0 Å². The highest BCUT2D eigenvalue weighted by molar-refractivity contribution is 7.09. The van der Waals surface area contributed by atoms with Crippen molar-refractivity contribution in [2.24, 2.45) is 0 Å². The lowest BCUT2D eigenvalue weighted by Gasteiger charge is -2.09. The molecule has 20 heavy (non-hydrogen) atoms. The second-order valence-corrected chi connectivity index (χ2v) is 5.45. The fourth-order valence-corrected chi connectivity index (χ4v) is 2.62. The number of carbonyl (C=O) groups is 1. The van der Waals surface area contributed by atoms with Crippen LogP contribution in [-0.4, -0.2) is 29.5 Å². The van der Waals surface area contributed by atoms with Gasteiger partial charge < -0.3 is 10.6 Å². The molecule has 2 N–H and O–H groups in total. The van der Waals surface area contributed by atoms with Crippen LogP contribution < -0.4 is 10.6 Å². The van der Waals surface area contributed by atoms with Crippen LogP contribution in [-0.2, 0) is 6.42 Å². The van der Waals surface area contributed by atoms with E-state index < -0.39 is 0 Å². The summed E-state index contributed by atoms with van der Waals surface area (Å²) >= 11 is 1.62. The summed E-state index contributed by atoms with van der Waals surface area (Å²) in [7, 11) is 1.80. The predicted octanol–water partition coefficient (Wildman–Crippen LogP) is 2.17. The monoisotopic (exact) mass is 290 g/mol. The van der Waals surface area contributed by atoms with Gasteiger partial charge >= 0.3 is 0 Å². The van der Waals surface area contributed by atoms with E-state index in [0.717, 1.165) is 28.5 Å². The lowest BCUT2D eigenvalue weighted by atomic mass is 10.2. The molecule has 0 radical (unpaired) electrons. The normalized spacial score (nSPS) is 10.3. The zero-order valence-electron chi connectivity index (χ0n) is 11.9. The molecule has 1 amide bonds. The summed E-state index contributed by atoms with van der Waals surface area (Å²) in [6.07, 6.45) is 2.35. The number of aryl methyl sites for hydroxylation is 2. The van der Waals surface area contributed by atoms with Gasteiger partial charge in [0.25, 0.3) is 5.91 Å². The Balaban J connectivity index is 1.95. The van der Waals surface area contributed by atoms with E-state index in [2.05, 4.69) is 20.6 Å². The predicted molar refractivity (Wildman–Crippen MR) is 81.4 cm³/mol. The first-order valence-electron chi connectivity index (χ1n) is 6.43.